The number of phenols is 3. The van der Waals surface area contributed by atoms with E-state index in [4.69, 9.17) is 41.4 Å². The fourth-order valence-corrected chi connectivity index (χ4v) is 8.94. The smallest absolute Gasteiger partial charge is 0.160 e. The van der Waals surface area contributed by atoms with Crippen molar-refractivity contribution in [3.8, 4) is 73.7 Å². The molecule has 7 nitrogen and oxygen atoms in total. The van der Waals surface area contributed by atoms with Gasteiger partial charge in [-0.3, -0.25) is 0 Å². The number of phenolic OH excluding ortho intramolecular Hbond substituents is 3. The van der Waals surface area contributed by atoms with E-state index < -0.39 is 0 Å². The predicted molar refractivity (Wildman–Crippen MR) is 259 cm³/mol. The first-order valence-electron chi connectivity index (χ1n) is 20.3. The molecule has 0 spiro atoms. The molecule has 3 heterocycles. The molecule has 0 atom stereocenters. The van der Waals surface area contributed by atoms with E-state index in [0.717, 1.165) is 49.9 Å². The van der Waals surface area contributed by atoms with Gasteiger partial charge in [-0.05, 0) is 59.6 Å². The Bertz CT molecular complexity index is 3570. The third kappa shape index (κ3) is 5.87. The summed E-state index contributed by atoms with van der Waals surface area (Å²) in [6, 6.07) is 53.2. The molecule has 8 radical (unpaired) electrons. The fourth-order valence-electron chi connectivity index (χ4n) is 8.94. The van der Waals surface area contributed by atoms with Crippen LogP contribution >= 0.6 is 0 Å². The van der Waals surface area contributed by atoms with Gasteiger partial charge in [-0.15, -0.1) is 0 Å². The van der Waals surface area contributed by atoms with Gasteiger partial charge in [-0.1, -0.05) is 132 Å². The van der Waals surface area contributed by atoms with Crippen molar-refractivity contribution >= 4 is 96.8 Å². The van der Waals surface area contributed by atoms with Crippen molar-refractivity contribution in [3.05, 3.63) is 164 Å². The van der Waals surface area contributed by atoms with Gasteiger partial charge in [0.05, 0.1) is 38.8 Å². The largest absolute Gasteiger partial charge is 0.508 e. The minimum atomic E-state index is -0.383. The van der Waals surface area contributed by atoms with Crippen LogP contribution in [-0.4, -0.2) is 65.8 Å². The molecule has 0 aliphatic heterocycles. The van der Waals surface area contributed by atoms with Crippen LogP contribution in [0, 0.1) is 0 Å². The van der Waals surface area contributed by atoms with E-state index in [1.807, 2.05) is 140 Å². The zero-order valence-corrected chi connectivity index (χ0v) is 33.5. The Morgan fingerprint density at radius 2 is 0.921 bits per heavy atom. The van der Waals surface area contributed by atoms with Crippen molar-refractivity contribution in [2.45, 2.75) is 0 Å². The number of rotatable bonds is 6. The molecule has 11 rings (SSSR count). The van der Waals surface area contributed by atoms with Gasteiger partial charge < -0.3 is 24.5 Å². The Balaban J connectivity index is 1.12. The van der Waals surface area contributed by atoms with E-state index >= 15 is 0 Å². The number of para-hydroxylation sites is 2. The second-order valence-electron chi connectivity index (χ2n) is 15.5. The second-order valence-corrected chi connectivity index (χ2v) is 15.5. The highest BCUT2D eigenvalue weighted by molar-refractivity contribution is 6.56. The Kier molecular flexibility index (Phi) is 8.84. The molecule has 8 aromatic carbocycles. The normalized spacial score (nSPS) is 11.6. The van der Waals surface area contributed by atoms with Crippen LogP contribution in [0.3, 0.4) is 0 Å². The maximum atomic E-state index is 12.2. The molecule has 0 saturated carbocycles. The standard InChI is InChI=1S/C52H30B4N4O3/c53-43-40(31-22-25-39-35(26-31)34-18-10-11-19-38(34)59(39)32-16-8-3-9-17-32)49(61)46(56)47-41(43)42-48(51(63)45(55)44(54)50(42)62)60(47)33-23-20-29(21-24-33)37-27-36(28-12-4-1-5-13-28)57-52(58-37)30-14-6-2-7-15-30/h1-27,61-63H. The number of nitrogens with zero attached hydrogens (tertiary/aromatic N) is 4. The summed E-state index contributed by atoms with van der Waals surface area (Å²) in [4.78, 5) is 9.89. The van der Waals surface area contributed by atoms with Gasteiger partial charge in [0.2, 0.25) is 0 Å². The van der Waals surface area contributed by atoms with Crippen LogP contribution in [-0.2, 0) is 0 Å². The first kappa shape index (κ1) is 38.1. The molecule has 3 aromatic heterocycles. The maximum absolute atomic E-state index is 12.2. The molecule has 288 valence electrons. The fraction of sp³-hybridized carbons (Fsp3) is 0. The first-order valence-corrected chi connectivity index (χ1v) is 20.3. The number of hydrogen-bond acceptors (Lipinski definition) is 5. The highest BCUT2D eigenvalue weighted by atomic mass is 16.3. The maximum Gasteiger partial charge on any atom is 0.160 e. The number of aromatic nitrogens is 4. The zero-order valence-electron chi connectivity index (χ0n) is 33.5. The average Bonchev–Trinajstić information content (AvgIpc) is 3.87. The first-order chi connectivity index (χ1) is 30.7. The van der Waals surface area contributed by atoms with Gasteiger partial charge in [-0.25, -0.2) is 9.97 Å². The third-order valence-corrected chi connectivity index (χ3v) is 11.9. The van der Waals surface area contributed by atoms with E-state index in [-0.39, 0.29) is 66.5 Å². The van der Waals surface area contributed by atoms with Gasteiger partial charge >= 0.3 is 0 Å². The van der Waals surface area contributed by atoms with E-state index in [0.29, 0.717) is 22.8 Å². The molecule has 11 aromatic rings. The molecular weight excluding hydrogens is 772 g/mol. The summed E-state index contributed by atoms with van der Waals surface area (Å²) >= 11 is 0. The summed E-state index contributed by atoms with van der Waals surface area (Å²) in [6.45, 7) is 0. The van der Waals surface area contributed by atoms with Crippen LogP contribution in [0.25, 0.3) is 100 Å². The van der Waals surface area contributed by atoms with Gasteiger partial charge in [0.15, 0.2) is 5.82 Å². The van der Waals surface area contributed by atoms with Crippen LogP contribution < -0.4 is 21.9 Å². The molecular formula is C52H30B4N4O3. The van der Waals surface area contributed by atoms with Crippen LogP contribution in [0.2, 0.25) is 0 Å². The molecule has 0 aliphatic rings. The van der Waals surface area contributed by atoms with Crippen molar-refractivity contribution in [1.82, 2.24) is 19.1 Å². The monoisotopic (exact) mass is 802 g/mol. The number of aromatic hydroxyl groups is 3. The van der Waals surface area contributed by atoms with Crippen LogP contribution in [0.5, 0.6) is 17.2 Å². The molecule has 0 saturated heterocycles. The number of fused-ring (bicyclic) bond motifs is 6. The highest BCUT2D eigenvalue weighted by Crippen LogP contribution is 2.43. The highest BCUT2D eigenvalue weighted by Gasteiger charge is 2.28. The zero-order chi connectivity index (χ0) is 43.1. The summed E-state index contributed by atoms with van der Waals surface area (Å²) in [6.07, 6.45) is 0. The summed E-state index contributed by atoms with van der Waals surface area (Å²) in [5.41, 5.74) is 8.39. The van der Waals surface area contributed by atoms with Crippen molar-refractivity contribution in [3.63, 3.8) is 0 Å². The van der Waals surface area contributed by atoms with Crippen molar-refractivity contribution in [1.29, 1.82) is 0 Å². The van der Waals surface area contributed by atoms with Crippen LogP contribution in [0.4, 0.5) is 0 Å². The van der Waals surface area contributed by atoms with Gasteiger partial charge in [0.25, 0.3) is 0 Å². The Labute approximate surface area is 367 Å². The summed E-state index contributed by atoms with van der Waals surface area (Å²) in [5.74, 6) is -0.462. The van der Waals surface area contributed by atoms with Gasteiger partial charge in [0, 0.05) is 49.8 Å². The molecule has 0 amide bonds. The SMILES string of the molecule is [B]c1c([B])c(O)c2c(c1O)c1c([B])c(-c3ccc4c(c3)c3ccccc3n4-c3ccccc3)c(O)c([B])c1n2-c1ccc(-c2cc(-c3ccccc3)nc(-c3ccccc3)n2)cc1. The lowest BCUT2D eigenvalue weighted by Gasteiger charge is -2.17. The van der Waals surface area contributed by atoms with E-state index in [1.165, 1.54) is 0 Å². The summed E-state index contributed by atoms with van der Waals surface area (Å²) < 4.78 is 3.83. The minimum Gasteiger partial charge on any atom is -0.508 e. The van der Waals surface area contributed by atoms with Gasteiger partial charge in [-0.2, -0.15) is 0 Å². The Morgan fingerprint density at radius 1 is 0.381 bits per heavy atom. The van der Waals surface area contributed by atoms with E-state index in [9.17, 15) is 15.3 Å². The molecule has 0 fully saturated rings. The molecule has 3 N–H and O–H groups in total. The molecule has 63 heavy (non-hydrogen) atoms. The quantitative estimate of drug-likeness (QED) is 0.119. The van der Waals surface area contributed by atoms with Crippen molar-refractivity contribution in [2.24, 2.45) is 0 Å². The molecule has 11 heteroatoms. The number of benzene rings is 8. The van der Waals surface area contributed by atoms with E-state index in [1.54, 1.807) is 4.57 Å². The topological polar surface area (TPSA) is 96.3 Å². The second kappa shape index (κ2) is 14.6. The van der Waals surface area contributed by atoms with Crippen LogP contribution in [0.1, 0.15) is 0 Å². The lowest BCUT2D eigenvalue weighted by atomic mass is 9.75. The van der Waals surface area contributed by atoms with E-state index in [2.05, 4.69) is 28.8 Å². The minimum absolute atomic E-state index is 0.0342. The molecule has 0 unspecified atom stereocenters. The third-order valence-electron chi connectivity index (χ3n) is 11.9. The van der Waals surface area contributed by atoms with Crippen molar-refractivity contribution in [2.75, 3.05) is 0 Å². The van der Waals surface area contributed by atoms with Crippen LogP contribution in [0.15, 0.2) is 164 Å². The van der Waals surface area contributed by atoms with Gasteiger partial charge in [0.1, 0.15) is 48.6 Å². The predicted octanol–water partition coefficient (Wildman–Crippen LogP) is 7.63. The molecule has 0 aliphatic carbocycles. The summed E-state index contributed by atoms with van der Waals surface area (Å²) in [7, 11) is 26.8. The number of hydrogen-bond donors (Lipinski definition) is 3. The summed E-state index contributed by atoms with van der Waals surface area (Å²) in [5, 5.41) is 38.0. The Morgan fingerprint density at radius 3 is 1.60 bits per heavy atom. The molecule has 0 bridgehead atoms. The lowest BCUT2D eigenvalue weighted by molar-refractivity contribution is 0.475. The lowest BCUT2D eigenvalue weighted by Crippen LogP contribution is -2.26. The Hall–Kier alpha value is -7.90. The average molecular weight is 802 g/mol. The van der Waals surface area contributed by atoms with Crippen molar-refractivity contribution < 1.29 is 15.3 Å².